The summed E-state index contributed by atoms with van der Waals surface area (Å²) in [6.07, 6.45) is -1.50. The number of nitrogens with zero attached hydrogens (tertiary/aromatic N) is 6. The average molecular weight is 437 g/mol. The summed E-state index contributed by atoms with van der Waals surface area (Å²) in [4.78, 5) is 15.4. The molecular formula is C21H17F2N7O2. The summed E-state index contributed by atoms with van der Waals surface area (Å²) in [5.41, 5.74) is 7.92. The number of nitrogens with two attached hydrogens (primary N) is 1. The maximum Gasteiger partial charge on any atom is 0.265 e. The van der Waals surface area contributed by atoms with Crippen LogP contribution >= 0.6 is 0 Å². The summed E-state index contributed by atoms with van der Waals surface area (Å²) in [6.45, 7) is 1.80. The van der Waals surface area contributed by atoms with E-state index >= 15 is 0 Å². The first-order chi connectivity index (χ1) is 15.4. The zero-order valence-electron chi connectivity index (χ0n) is 16.8. The Kier molecular flexibility index (Phi) is 5.79. The predicted molar refractivity (Wildman–Crippen MR) is 109 cm³/mol. The summed E-state index contributed by atoms with van der Waals surface area (Å²) in [5.74, 6) is 0.0658. The largest absolute Gasteiger partial charge is 0.470 e. The number of aromatic nitrogens is 6. The number of carbonyl (C=O) groups excluding carboxylic acids is 1. The van der Waals surface area contributed by atoms with Crippen molar-refractivity contribution in [3.63, 3.8) is 0 Å². The molecule has 0 spiro atoms. The maximum atomic E-state index is 12.8. The van der Waals surface area contributed by atoms with Gasteiger partial charge in [0.05, 0.1) is 11.4 Å². The summed E-state index contributed by atoms with van der Waals surface area (Å²) < 4.78 is 32.6. The van der Waals surface area contributed by atoms with E-state index in [4.69, 9.17) is 10.5 Å². The molecule has 4 aromatic rings. The fourth-order valence-electron chi connectivity index (χ4n) is 2.90. The Bertz CT molecular complexity index is 1240. The summed E-state index contributed by atoms with van der Waals surface area (Å²) in [6, 6.07) is 12.8. The third-order valence-corrected chi connectivity index (χ3v) is 4.64. The van der Waals surface area contributed by atoms with Crippen LogP contribution in [0, 0.1) is 6.92 Å². The van der Waals surface area contributed by atoms with Crippen LogP contribution in [-0.4, -0.2) is 36.1 Å². The van der Waals surface area contributed by atoms with E-state index in [0.717, 1.165) is 6.20 Å². The first-order valence-electron chi connectivity index (χ1n) is 9.45. The molecule has 0 aliphatic heterocycles. The molecule has 0 aliphatic carbocycles. The minimum Gasteiger partial charge on any atom is -0.470 e. The molecule has 9 nitrogen and oxygen atoms in total. The van der Waals surface area contributed by atoms with Crippen molar-refractivity contribution >= 4 is 5.91 Å². The number of alkyl halides is 2. The zero-order valence-corrected chi connectivity index (χ0v) is 16.8. The van der Waals surface area contributed by atoms with Gasteiger partial charge in [-0.3, -0.25) is 4.79 Å². The lowest BCUT2D eigenvalue weighted by Gasteiger charge is -2.09. The topological polar surface area (TPSA) is 122 Å². The molecule has 162 valence electrons. The van der Waals surface area contributed by atoms with Crippen molar-refractivity contribution in [1.82, 2.24) is 30.2 Å². The highest BCUT2D eigenvalue weighted by atomic mass is 19.3. The Morgan fingerprint density at radius 3 is 2.62 bits per heavy atom. The van der Waals surface area contributed by atoms with Crippen LogP contribution in [0.4, 0.5) is 8.78 Å². The van der Waals surface area contributed by atoms with E-state index in [0.29, 0.717) is 34.0 Å². The quantitative estimate of drug-likeness (QED) is 0.472. The Labute approximate surface area is 180 Å². The average Bonchev–Trinajstić information content (AvgIpc) is 3.18. The Morgan fingerprint density at radius 2 is 1.97 bits per heavy atom. The smallest absolute Gasteiger partial charge is 0.265 e. The second-order valence-corrected chi connectivity index (χ2v) is 6.77. The number of hydrogen-bond acceptors (Lipinski definition) is 7. The van der Waals surface area contributed by atoms with Gasteiger partial charge in [0.25, 0.3) is 6.43 Å². The molecule has 0 bridgehead atoms. The van der Waals surface area contributed by atoms with Gasteiger partial charge in [-0.25, -0.2) is 13.8 Å². The van der Waals surface area contributed by atoms with E-state index in [1.165, 1.54) is 16.8 Å². The van der Waals surface area contributed by atoms with E-state index in [9.17, 15) is 13.6 Å². The molecule has 0 atom stereocenters. The molecule has 32 heavy (non-hydrogen) atoms. The number of ether oxygens (including phenoxy) is 1. The highest BCUT2D eigenvalue weighted by Gasteiger charge is 2.15. The van der Waals surface area contributed by atoms with Gasteiger partial charge in [-0.2, -0.15) is 4.68 Å². The number of primary amides is 1. The molecule has 0 fully saturated rings. The normalized spacial score (nSPS) is 11.0. The lowest BCUT2D eigenvalue weighted by Crippen LogP contribution is -2.10. The molecule has 0 unspecified atom stereocenters. The Morgan fingerprint density at radius 1 is 1.12 bits per heavy atom. The monoisotopic (exact) mass is 437 g/mol. The van der Waals surface area contributed by atoms with Crippen LogP contribution in [0.3, 0.4) is 0 Å². The SMILES string of the molecule is Cc1nnn(-c2ccc(C(F)F)cn2)c1COc1ccc(-c2cccc(C(N)=O)c2)nn1. The van der Waals surface area contributed by atoms with E-state index in [2.05, 4.69) is 25.5 Å². The van der Waals surface area contributed by atoms with Crippen molar-refractivity contribution in [2.75, 3.05) is 0 Å². The molecule has 0 saturated heterocycles. The second kappa shape index (κ2) is 8.84. The number of aryl methyl sites for hydroxylation is 1. The molecule has 0 saturated carbocycles. The van der Waals surface area contributed by atoms with Crippen LogP contribution in [-0.2, 0) is 6.61 Å². The van der Waals surface area contributed by atoms with Crippen molar-refractivity contribution in [3.8, 4) is 23.0 Å². The van der Waals surface area contributed by atoms with Crippen LogP contribution in [0.1, 0.15) is 33.7 Å². The molecule has 2 N–H and O–H groups in total. The number of halogens is 2. The highest BCUT2D eigenvalue weighted by Crippen LogP contribution is 2.21. The van der Waals surface area contributed by atoms with Gasteiger partial charge in [0.1, 0.15) is 12.3 Å². The van der Waals surface area contributed by atoms with Crippen LogP contribution in [0.25, 0.3) is 17.1 Å². The zero-order chi connectivity index (χ0) is 22.7. The lowest BCUT2D eigenvalue weighted by molar-refractivity contribution is 0.1000. The van der Waals surface area contributed by atoms with Gasteiger partial charge < -0.3 is 10.5 Å². The molecule has 3 aromatic heterocycles. The third kappa shape index (κ3) is 4.41. The minimum absolute atomic E-state index is 0.0578. The molecule has 3 heterocycles. The van der Waals surface area contributed by atoms with Crippen molar-refractivity contribution in [1.29, 1.82) is 0 Å². The standard InChI is InChI=1S/C21H17F2N7O2/c1-12-17(30(29-26-12)18-7-5-15(10-25-18)20(22)23)11-32-19-8-6-16(27-28-19)13-3-2-4-14(9-13)21(24)31/h2-10,20H,11H2,1H3,(H2,24,31). The van der Waals surface area contributed by atoms with Crippen LogP contribution in [0.5, 0.6) is 5.88 Å². The van der Waals surface area contributed by atoms with E-state index in [1.807, 2.05) is 0 Å². The Balaban J connectivity index is 1.49. The van der Waals surface area contributed by atoms with Crippen molar-refractivity contribution in [2.45, 2.75) is 20.0 Å². The summed E-state index contributed by atoms with van der Waals surface area (Å²) >= 11 is 0. The fraction of sp³-hybridized carbons (Fsp3) is 0.143. The summed E-state index contributed by atoms with van der Waals surface area (Å²) in [5, 5.41) is 16.2. The molecule has 1 amide bonds. The third-order valence-electron chi connectivity index (χ3n) is 4.64. The number of amides is 1. The van der Waals surface area contributed by atoms with Gasteiger partial charge in [0.15, 0.2) is 5.82 Å². The summed E-state index contributed by atoms with van der Waals surface area (Å²) in [7, 11) is 0. The Hall–Kier alpha value is -4.28. The van der Waals surface area contributed by atoms with Crippen molar-refractivity contribution < 1.29 is 18.3 Å². The molecule has 0 radical (unpaired) electrons. The maximum absolute atomic E-state index is 12.8. The van der Waals surface area contributed by atoms with Gasteiger partial charge in [-0.05, 0) is 37.3 Å². The van der Waals surface area contributed by atoms with Crippen LogP contribution in [0.15, 0.2) is 54.7 Å². The molecule has 0 aliphatic rings. The molecule has 4 rings (SSSR count). The molecule has 1 aromatic carbocycles. The highest BCUT2D eigenvalue weighted by molar-refractivity contribution is 5.93. The van der Waals surface area contributed by atoms with Gasteiger partial charge in [-0.15, -0.1) is 15.3 Å². The number of pyridine rings is 1. The minimum atomic E-state index is -2.60. The van der Waals surface area contributed by atoms with Crippen LogP contribution in [0.2, 0.25) is 0 Å². The number of carbonyl (C=O) groups is 1. The first-order valence-corrected chi connectivity index (χ1v) is 9.45. The van der Waals surface area contributed by atoms with Gasteiger partial charge in [0.2, 0.25) is 11.8 Å². The second-order valence-electron chi connectivity index (χ2n) is 6.77. The van der Waals surface area contributed by atoms with E-state index in [-0.39, 0.29) is 18.1 Å². The lowest BCUT2D eigenvalue weighted by atomic mass is 10.1. The molecule has 11 heteroatoms. The molecular weight excluding hydrogens is 420 g/mol. The van der Waals surface area contributed by atoms with Crippen molar-refractivity contribution in [3.05, 3.63) is 77.2 Å². The van der Waals surface area contributed by atoms with E-state index < -0.39 is 12.3 Å². The first kappa shape index (κ1) is 21.0. The van der Waals surface area contributed by atoms with Gasteiger partial charge in [-0.1, -0.05) is 17.3 Å². The van der Waals surface area contributed by atoms with E-state index in [1.54, 1.807) is 43.3 Å². The number of benzene rings is 1. The van der Waals surface area contributed by atoms with Crippen molar-refractivity contribution in [2.24, 2.45) is 5.73 Å². The predicted octanol–water partition coefficient (Wildman–Crippen LogP) is 3.04. The number of hydrogen-bond donors (Lipinski definition) is 1. The van der Waals surface area contributed by atoms with Crippen LogP contribution < -0.4 is 10.5 Å². The van der Waals surface area contributed by atoms with Gasteiger partial charge in [0, 0.05) is 29.0 Å². The number of rotatable bonds is 7. The fourth-order valence-corrected chi connectivity index (χ4v) is 2.90. The van der Waals surface area contributed by atoms with Gasteiger partial charge >= 0.3 is 0 Å².